The Bertz CT molecular complexity index is 156. The molecule has 0 aromatic heterocycles. The van der Waals surface area contributed by atoms with E-state index in [1.807, 2.05) is 0 Å². The maximum absolute atomic E-state index is 5.69. The third-order valence-corrected chi connectivity index (χ3v) is 2.94. The van der Waals surface area contributed by atoms with E-state index < -0.39 is 0 Å². The summed E-state index contributed by atoms with van der Waals surface area (Å²) >= 11 is 0. The summed E-state index contributed by atoms with van der Waals surface area (Å²) in [6.45, 7) is 13.3. The van der Waals surface area contributed by atoms with Gasteiger partial charge in [-0.15, -0.1) is 0 Å². The van der Waals surface area contributed by atoms with Gasteiger partial charge in [0, 0.05) is 18.6 Å². The number of nitrogens with zero attached hydrogens (tertiary/aromatic N) is 1. The maximum atomic E-state index is 5.69. The molecule has 0 aliphatic carbocycles. The Balaban J connectivity index is 2.68. The monoisotopic (exact) mass is 185 g/mol. The van der Waals surface area contributed by atoms with E-state index >= 15 is 0 Å². The van der Waals surface area contributed by atoms with E-state index in [0.29, 0.717) is 24.1 Å². The van der Waals surface area contributed by atoms with Crippen LogP contribution >= 0.6 is 0 Å². The minimum Gasteiger partial charge on any atom is -0.376 e. The molecular weight excluding hydrogens is 162 g/mol. The van der Waals surface area contributed by atoms with Gasteiger partial charge in [0.1, 0.15) is 0 Å². The molecule has 2 atom stereocenters. The Labute approximate surface area is 82.3 Å². The summed E-state index contributed by atoms with van der Waals surface area (Å²) in [5, 5.41) is 0. The molecule has 78 valence electrons. The van der Waals surface area contributed by atoms with Crippen molar-refractivity contribution in [2.24, 2.45) is 5.92 Å². The highest BCUT2D eigenvalue weighted by Crippen LogP contribution is 2.22. The quantitative estimate of drug-likeness (QED) is 0.653. The number of ether oxygens (including phenoxy) is 1. The Kier molecular flexibility index (Phi) is 3.74. The highest BCUT2D eigenvalue weighted by atomic mass is 16.5. The van der Waals surface area contributed by atoms with Crippen molar-refractivity contribution in [1.29, 1.82) is 0 Å². The van der Waals surface area contributed by atoms with Crippen molar-refractivity contribution in [3.63, 3.8) is 0 Å². The van der Waals surface area contributed by atoms with E-state index in [9.17, 15) is 0 Å². The van der Waals surface area contributed by atoms with Crippen LogP contribution in [-0.4, -0.2) is 36.2 Å². The lowest BCUT2D eigenvalue weighted by Gasteiger charge is -2.44. The summed E-state index contributed by atoms with van der Waals surface area (Å²) in [4.78, 5) is 2.57. The van der Waals surface area contributed by atoms with Crippen molar-refractivity contribution >= 4 is 0 Å². The van der Waals surface area contributed by atoms with Crippen molar-refractivity contribution in [2.45, 2.75) is 52.8 Å². The summed E-state index contributed by atoms with van der Waals surface area (Å²) < 4.78 is 5.69. The van der Waals surface area contributed by atoms with Crippen LogP contribution in [0.25, 0.3) is 0 Å². The molecule has 13 heavy (non-hydrogen) atoms. The third kappa shape index (κ3) is 2.44. The lowest BCUT2D eigenvalue weighted by atomic mass is 9.95. The number of hydrogen-bond donors (Lipinski definition) is 0. The molecule has 0 bridgehead atoms. The van der Waals surface area contributed by atoms with Crippen LogP contribution in [0.5, 0.6) is 0 Å². The van der Waals surface area contributed by atoms with Gasteiger partial charge in [0.2, 0.25) is 0 Å². The summed E-state index contributed by atoms with van der Waals surface area (Å²) in [6, 6.07) is 1.23. The van der Waals surface area contributed by atoms with E-state index in [0.717, 1.165) is 13.2 Å². The first kappa shape index (κ1) is 11.0. The van der Waals surface area contributed by atoms with Gasteiger partial charge in [0.15, 0.2) is 0 Å². The van der Waals surface area contributed by atoms with Crippen LogP contribution in [0.4, 0.5) is 0 Å². The predicted molar refractivity (Wildman–Crippen MR) is 55.9 cm³/mol. The Morgan fingerprint density at radius 1 is 1.23 bits per heavy atom. The SMILES string of the molecule is CC(C)C1C(C)OCCN1C(C)C. The number of rotatable bonds is 2. The summed E-state index contributed by atoms with van der Waals surface area (Å²) in [5.41, 5.74) is 0. The van der Waals surface area contributed by atoms with Crippen LogP contribution < -0.4 is 0 Å². The fourth-order valence-electron chi connectivity index (χ4n) is 2.39. The molecule has 0 aromatic carbocycles. The molecule has 1 fully saturated rings. The highest BCUT2D eigenvalue weighted by Gasteiger charge is 2.32. The Morgan fingerprint density at radius 2 is 1.85 bits per heavy atom. The fraction of sp³-hybridized carbons (Fsp3) is 1.00. The van der Waals surface area contributed by atoms with E-state index in [1.54, 1.807) is 0 Å². The molecule has 0 aromatic rings. The van der Waals surface area contributed by atoms with Crippen LogP contribution in [0.15, 0.2) is 0 Å². The topological polar surface area (TPSA) is 12.5 Å². The van der Waals surface area contributed by atoms with Crippen LogP contribution in [-0.2, 0) is 4.74 Å². The van der Waals surface area contributed by atoms with E-state index in [-0.39, 0.29) is 0 Å². The van der Waals surface area contributed by atoms with Crippen molar-refractivity contribution in [3.8, 4) is 0 Å². The zero-order valence-electron chi connectivity index (χ0n) is 9.58. The van der Waals surface area contributed by atoms with Gasteiger partial charge in [-0.25, -0.2) is 0 Å². The molecule has 0 spiro atoms. The van der Waals surface area contributed by atoms with Gasteiger partial charge >= 0.3 is 0 Å². The molecular formula is C11H23NO. The van der Waals surface area contributed by atoms with Crippen LogP contribution in [0.2, 0.25) is 0 Å². The van der Waals surface area contributed by atoms with E-state index in [2.05, 4.69) is 39.5 Å². The lowest BCUT2D eigenvalue weighted by Crippen LogP contribution is -2.55. The molecule has 0 saturated carbocycles. The smallest absolute Gasteiger partial charge is 0.0705 e. The molecule has 0 N–H and O–H groups in total. The third-order valence-electron chi connectivity index (χ3n) is 2.94. The van der Waals surface area contributed by atoms with E-state index in [4.69, 9.17) is 4.74 Å². The lowest BCUT2D eigenvalue weighted by molar-refractivity contribution is -0.0877. The molecule has 0 radical (unpaired) electrons. The van der Waals surface area contributed by atoms with Crippen LogP contribution in [0.1, 0.15) is 34.6 Å². The Hall–Kier alpha value is -0.0800. The molecule has 1 rings (SSSR count). The zero-order chi connectivity index (χ0) is 10.0. The summed E-state index contributed by atoms with van der Waals surface area (Å²) in [7, 11) is 0. The normalized spacial score (nSPS) is 31.6. The first-order chi connectivity index (χ1) is 6.04. The van der Waals surface area contributed by atoms with Crippen molar-refractivity contribution in [3.05, 3.63) is 0 Å². The standard InChI is InChI=1S/C11H23NO/c1-8(2)11-10(5)13-7-6-12(11)9(3)4/h8-11H,6-7H2,1-5H3. The van der Waals surface area contributed by atoms with Gasteiger partial charge in [0.05, 0.1) is 12.7 Å². The Morgan fingerprint density at radius 3 is 2.23 bits per heavy atom. The van der Waals surface area contributed by atoms with Crippen molar-refractivity contribution < 1.29 is 4.74 Å². The molecule has 2 heteroatoms. The maximum Gasteiger partial charge on any atom is 0.0705 e. The van der Waals surface area contributed by atoms with Gasteiger partial charge < -0.3 is 4.74 Å². The molecule has 2 unspecified atom stereocenters. The van der Waals surface area contributed by atoms with Gasteiger partial charge in [-0.3, -0.25) is 4.90 Å². The molecule has 2 nitrogen and oxygen atoms in total. The first-order valence-electron chi connectivity index (χ1n) is 5.41. The number of hydrogen-bond acceptors (Lipinski definition) is 2. The van der Waals surface area contributed by atoms with Crippen LogP contribution in [0.3, 0.4) is 0 Å². The number of morpholine rings is 1. The molecule has 1 heterocycles. The summed E-state index contributed by atoms with van der Waals surface area (Å²) in [6.07, 6.45) is 0.385. The van der Waals surface area contributed by atoms with Gasteiger partial charge in [-0.2, -0.15) is 0 Å². The molecule has 0 amide bonds. The predicted octanol–water partition coefficient (Wildman–Crippen LogP) is 2.14. The van der Waals surface area contributed by atoms with Gasteiger partial charge in [-0.1, -0.05) is 13.8 Å². The second-order valence-corrected chi connectivity index (χ2v) is 4.64. The molecule has 1 aliphatic rings. The van der Waals surface area contributed by atoms with Crippen molar-refractivity contribution in [1.82, 2.24) is 4.90 Å². The molecule has 1 saturated heterocycles. The average Bonchev–Trinajstić information content (AvgIpc) is 2.02. The van der Waals surface area contributed by atoms with Crippen LogP contribution in [0, 0.1) is 5.92 Å². The highest BCUT2D eigenvalue weighted by molar-refractivity contribution is 4.85. The minimum absolute atomic E-state index is 0.385. The van der Waals surface area contributed by atoms with E-state index in [1.165, 1.54) is 0 Å². The van der Waals surface area contributed by atoms with Gasteiger partial charge in [0.25, 0.3) is 0 Å². The summed E-state index contributed by atoms with van der Waals surface area (Å²) in [5.74, 6) is 0.678. The minimum atomic E-state index is 0.385. The second-order valence-electron chi connectivity index (χ2n) is 4.64. The second kappa shape index (κ2) is 4.43. The fourth-order valence-corrected chi connectivity index (χ4v) is 2.39. The largest absolute Gasteiger partial charge is 0.376 e. The van der Waals surface area contributed by atoms with Crippen molar-refractivity contribution in [2.75, 3.05) is 13.2 Å². The first-order valence-corrected chi connectivity index (χ1v) is 5.41. The molecule has 1 aliphatic heterocycles. The zero-order valence-corrected chi connectivity index (χ0v) is 9.58. The van der Waals surface area contributed by atoms with Gasteiger partial charge in [-0.05, 0) is 26.7 Å². The average molecular weight is 185 g/mol.